The van der Waals surface area contributed by atoms with Gasteiger partial charge in [-0.25, -0.2) is 0 Å². The molecule has 104 valence electrons. The molecule has 1 heteroatoms. The Morgan fingerprint density at radius 2 is 1.50 bits per heavy atom. The highest BCUT2D eigenvalue weighted by atomic mass is 16.5. The predicted octanol–water partition coefficient (Wildman–Crippen LogP) is 5.13. The third kappa shape index (κ3) is 3.30. The molecule has 0 aliphatic carbocycles. The van der Waals surface area contributed by atoms with Gasteiger partial charge >= 0.3 is 0 Å². The number of methoxy groups -OCH3 is 1. The smallest absolute Gasteiger partial charge is 0.126 e. The minimum Gasteiger partial charge on any atom is -0.496 e. The summed E-state index contributed by atoms with van der Waals surface area (Å²) in [6.45, 7) is 6.67. The van der Waals surface area contributed by atoms with E-state index in [1.165, 1.54) is 5.56 Å². The van der Waals surface area contributed by atoms with Gasteiger partial charge in [0.15, 0.2) is 0 Å². The fraction of sp³-hybridized carbons (Fsp3) is 0.263. The van der Waals surface area contributed by atoms with Gasteiger partial charge in [0.1, 0.15) is 5.76 Å². The highest BCUT2D eigenvalue weighted by molar-refractivity contribution is 5.79. The van der Waals surface area contributed by atoms with Gasteiger partial charge in [-0.2, -0.15) is 0 Å². The molecule has 0 heterocycles. The first-order chi connectivity index (χ1) is 9.52. The summed E-state index contributed by atoms with van der Waals surface area (Å²) in [5, 5.41) is 0. The van der Waals surface area contributed by atoms with Crippen molar-refractivity contribution in [2.24, 2.45) is 0 Å². The van der Waals surface area contributed by atoms with Gasteiger partial charge in [0.25, 0.3) is 0 Å². The molecule has 0 radical (unpaired) electrons. The maximum absolute atomic E-state index is 5.64. The first kappa shape index (κ1) is 14.4. The molecule has 0 N–H and O–H groups in total. The Morgan fingerprint density at radius 1 is 0.900 bits per heavy atom. The highest BCUT2D eigenvalue weighted by Gasteiger charge is 2.19. The first-order valence-corrected chi connectivity index (χ1v) is 6.93. The zero-order valence-corrected chi connectivity index (χ0v) is 12.7. The van der Waals surface area contributed by atoms with E-state index in [2.05, 4.69) is 63.2 Å². The molecule has 0 amide bonds. The van der Waals surface area contributed by atoms with Gasteiger partial charge in [-0.05, 0) is 22.6 Å². The molecule has 0 atom stereocenters. The lowest BCUT2D eigenvalue weighted by molar-refractivity contribution is 0.371. The van der Waals surface area contributed by atoms with E-state index >= 15 is 0 Å². The minimum absolute atomic E-state index is 0.0882. The average molecular weight is 266 g/mol. The molecule has 0 spiro atoms. The van der Waals surface area contributed by atoms with Crippen molar-refractivity contribution in [1.29, 1.82) is 0 Å². The van der Waals surface area contributed by atoms with Gasteiger partial charge in [0, 0.05) is 5.56 Å². The van der Waals surface area contributed by atoms with Crippen molar-refractivity contribution in [3.05, 3.63) is 71.3 Å². The Hall–Kier alpha value is -2.02. The van der Waals surface area contributed by atoms with Crippen LogP contribution in [-0.2, 0) is 10.2 Å². The number of benzene rings is 2. The molecule has 0 aromatic heterocycles. The second-order valence-electron chi connectivity index (χ2n) is 5.92. The molecule has 0 aliphatic rings. The highest BCUT2D eigenvalue weighted by Crippen LogP contribution is 2.31. The van der Waals surface area contributed by atoms with E-state index in [4.69, 9.17) is 4.74 Å². The lowest BCUT2D eigenvalue weighted by Gasteiger charge is -2.23. The van der Waals surface area contributed by atoms with Crippen molar-refractivity contribution < 1.29 is 4.74 Å². The monoisotopic (exact) mass is 266 g/mol. The second kappa shape index (κ2) is 5.96. The van der Waals surface area contributed by atoms with Crippen molar-refractivity contribution in [2.45, 2.75) is 26.2 Å². The maximum atomic E-state index is 5.64. The maximum Gasteiger partial charge on any atom is 0.126 e. The summed E-state index contributed by atoms with van der Waals surface area (Å²) in [4.78, 5) is 0. The van der Waals surface area contributed by atoms with Crippen LogP contribution in [-0.4, -0.2) is 7.11 Å². The summed E-state index contributed by atoms with van der Waals surface area (Å²) < 4.78 is 5.64. The fourth-order valence-corrected chi connectivity index (χ4v) is 2.30. The first-order valence-electron chi connectivity index (χ1n) is 6.93. The van der Waals surface area contributed by atoms with E-state index in [-0.39, 0.29) is 5.41 Å². The molecule has 20 heavy (non-hydrogen) atoms. The van der Waals surface area contributed by atoms with E-state index in [1.807, 2.05) is 18.2 Å². The van der Waals surface area contributed by atoms with Gasteiger partial charge in [-0.1, -0.05) is 75.4 Å². The van der Waals surface area contributed by atoms with Crippen LogP contribution in [0.25, 0.3) is 11.8 Å². The van der Waals surface area contributed by atoms with Crippen LogP contribution in [0.4, 0.5) is 0 Å². The van der Waals surface area contributed by atoms with E-state index in [0.717, 1.165) is 16.9 Å². The second-order valence-corrected chi connectivity index (χ2v) is 5.92. The summed E-state index contributed by atoms with van der Waals surface area (Å²) in [6.07, 6.45) is 2.09. The van der Waals surface area contributed by atoms with Crippen LogP contribution >= 0.6 is 0 Å². The van der Waals surface area contributed by atoms with E-state index < -0.39 is 0 Å². The molecule has 1 nitrogen and oxygen atoms in total. The SMILES string of the molecule is CO/C(=C/c1ccccc1)c1ccccc1C(C)(C)C. The number of ether oxygens (including phenoxy) is 1. The molecular formula is C19H22O. The predicted molar refractivity (Wildman–Crippen MR) is 86.5 cm³/mol. The Morgan fingerprint density at radius 3 is 2.10 bits per heavy atom. The summed E-state index contributed by atoms with van der Waals surface area (Å²) in [7, 11) is 1.73. The van der Waals surface area contributed by atoms with Gasteiger partial charge in [0.2, 0.25) is 0 Å². The van der Waals surface area contributed by atoms with Gasteiger partial charge < -0.3 is 4.74 Å². The molecule has 0 unspecified atom stereocenters. The number of hydrogen-bond donors (Lipinski definition) is 0. The van der Waals surface area contributed by atoms with E-state index in [9.17, 15) is 0 Å². The lowest BCUT2D eigenvalue weighted by Crippen LogP contribution is -2.14. The van der Waals surface area contributed by atoms with Crippen LogP contribution in [0, 0.1) is 0 Å². The Balaban J connectivity index is 2.51. The molecule has 2 aromatic carbocycles. The van der Waals surface area contributed by atoms with E-state index in [0.29, 0.717) is 0 Å². The van der Waals surface area contributed by atoms with Crippen molar-refractivity contribution in [1.82, 2.24) is 0 Å². The summed E-state index contributed by atoms with van der Waals surface area (Å²) in [6, 6.07) is 18.7. The lowest BCUT2D eigenvalue weighted by atomic mass is 9.83. The van der Waals surface area contributed by atoms with Crippen molar-refractivity contribution in [3.63, 3.8) is 0 Å². The Bertz CT molecular complexity index is 589. The van der Waals surface area contributed by atoms with Crippen molar-refractivity contribution in [3.8, 4) is 0 Å². The van der Waals surface area contributed by atoms with Crippen LogP contribution in [0.5, 0.6) is 0 Å². The summed E-state index contributed by atoms with van der Waals surface area (Å²) >= 11 is 0. The molecule has 2 rings (SSSR count). The molecule has 0 aliphatic heterocycles. The third-order valence-electron chi connectivity index (χ3n) is 3.32. The van der Waals surface area contributed by atoms with Crippen LogP contribution in [0.3, 0.4) is 0 Å². The van der Waals surface area contributed by atoms with Crippen LogP contribution in [0.15, 0.2) is 54.6 Å². The van der Waals surface area contributed by atoms with Gasteiger partial charge in [0.05, 0.1) is 7.11 Å². The number of hydrogen-bond acceptors (Lipinski definition) is 1. The van der Waals surface area contributed by atoms with Gasteiger partial charge in [-0.15, -0.1) is 0 Å². The Kier molecular flexibility index (Phi) is 4.29. The molecule has 0 fully saturated rings. The van der Waals surface area contributed by atoms with Crippen LogP contribution in [0.1, 0.15) is 37.5 Å². The Labute approximate surface area is 121 Å². The van der Waals surface area contributed by atoms with Crippen molar-refractivity contribution >= 4 is 11.8 Å². The summed E-state index contributed by atoms with van der Waals surface area (Å²) in [5.74, 6) is 0.904. The van der Waals surface area contributed by atoms with Crippen LogP contribution in [0.2, 0.25) is 0 Å². The van der Waals surface area contributed by atoms with Gasteiger partial charge in [-0.3, -0.25) is 0 Å². The molecular weight excluding hydrogens is 244 g/mol. The quantitative estimate of drug-likeness (QED) is 0.553. The zero-order chi connectivity index (χ0) is 14.6. The van der Waals surface area contributed by atoms with E-state index in [1.54, 1.807) is 7.11 Å². The average Bonchev–Trinajstić information content (AvgIpc) is 2.45. The summed E-state index contributed by atoms with van der Waals surface area (Å²) in [5.41, 5.74) is 3.69. The molecule has 0 bridgehead atoms. The molecule has 2 aromatic rings. The van der Waals surface area contributed by atoms with Crippen LogP contribution < -0.4 is 0 Å². The van der Waals surface area contributed by atoms with Crippen molar-refractivity contribution in [2.75, 3.05) is 7.11 Å². The topological polar surface area (TPSA) is 9.23 Å². The fourth-order valence-electron chi connectivity index (χ4n) is 2.30. The largest absolute Gasteiger partial charge is 0.496 e. The normalized spacial score (nSPS) is 12.3. The third-order valence-corrected chi connectivity index (χ3v) is 3.32. The molecule has 0 saturated carbocycles. The number of rotatable bonds is 3. The zero-order valence-electron chi connectivity index (χ0n) is 12.7. The minimum atomic E-state index is 0.0882. The standard InChI is InChI=1S/C19H22O/c1-19(2,3)17-13-9-8-12-16(17)18(20-4)14-15-10-6-5-7-11-15/h5-14H,1-4H3/b18-14+. The molecule has 0 saturated heterocycles.